The molecular weight excluding hydrogens is 314 g/mol. The topological polar surface area (TPSA) is 55.4 Å². The molecule has 1 N–H and O–H groups in total. The average molecular weight is 343 g/mol. The van der Waals surface area contributed by atoms with Crippen LogP contribution in [0.3, 0.4) is 0 Å². The van der Waals surface area contributed by atoms with Gasteiger partial charge in [0.1, 0.15) is 12.0 Å². The molecule has 1 aliphatic rings. The quantitative estimate of drug-likeness (QED) is 0.394. The average Bonchev–Trinajstić information content (AvgIpc) is 2.91. The van der Waals surface area contributed by atoms with E-state index >= 15 is 0 Å². The number of esters is 1. The lowest BCUT2D eigenvalue weighted by molar-refractivity contribution is -0.140. The lowest BCUT2D eigenvalue weighted by Gasteiger charge is -2.17. The summed E-state index contributed by atoms with van der Waals surface area (Å²) in [5.74, 6) is -1.17. The summed E-state index contributed by atoms with van der Waals surface area (Å²) in [5, 5.41) is 2.91. The molecule has 0 spiro atoms. The van der Waals surface area contributed by atoms with E-state index in [0.717, 1.165) is 24.8 Å². The summed E-state index contributed by atoms with van der Waals surface area (Å²) in [6, 6.07) is 9.72. The Balaban J connectivity index is 1.83. The van der Waals surface area contributed by atoms with Crippen LogP contribution in [0, 0.1) is 5.92 Å². The second-order valence-electron chi connectivity index (χ2n) is 6.71. The number of carbonyl (C=O) groups excluding carboxylic acids is 2. The van der Waals surface area contributed by atoms with E-state index in [4.69, 9.17) is 4.74 Å². The molecule has 0 saturated carbocycles. The molecule has 0 aromatic heterocycles. The molecule has 2 rings (SSSR count). The predicted molar refractivity (Wildman–Crippen MR) is 98.8 cm³/mol. The van der Waals surface area contributed by atoms with Gasteiger partial charge in [-0.25, -0.2) is 4.79 Å². The summed E-state index contributed by atoms with van der Waals surface area (Å²) < 4.78 is 5.39. The van der Waals surface area contributed by atoms with E-state index in [-0.39, 0.29) is 17.6 Å². The second kappa shape index (κ2) is 10.0. The summed E-state index contributed by atoms with van der Waals surface area (Å²) in [7, 11) is 0. The predicted octanol–water partition coefficient (Wildman–Crippen LogP) is 4.15. The monoisotopic (exact) mass is 343 g/mol. The van der Waals surface area contributed by atoms with Crippen molar-refractivity contribution in [1.29, 1.82) is 0 Å². The second-order valence-corrected chi connectivity index (χ2v) is 6.71. The van der Waals surface area contributed by atoms with Gasteiger partial charge in [0.2, 0.25) is 5.91 Å². The molecule has 4 nitrogen and oxygen atoms in total. The third-order valence-electron chi connectivity index (χ3n) is 4.70. The van der Waals surface area contributed by atoms with Crippen molar-refractivity contribution in [2.75, 3.05) is 0 Å². The Morgan fingerprint density at radius 2 is 1.80 bits per heavy atom. The zero-order valence-corrected chi connectivity index (χ0v) is 15.1. The van der Waals surface area contributed by atoms with E-state index in [2.05, 4.69) is 18.8 Å². The van der Waals surface area contributed by atoms with Gasteiger partial charge in [-0.2, -0.15) is 0 Å². The van der Waals surface area contributed by atoms with Gasteiger partial charge in [0.15, 0.2) is 0 Å². The molecule has 1 amide bonds. The highest BCUT2D eigenvalue weighted by Gasteiger charge is 2.42. The first-order chi connectivity index (χ1) is 12.1. The van der Waals surface area contributed by atoms with E-state index in [1.807, 2.05) is 30.3 Å². The van der Waals surface area contributed by atoms with Gasteiger partial charge in [-0.05, 0) is 18.4 Å². The summed E-state index contributed by atoms with van der Waals surface area (Å²) in [6.07, 6.45) is 7.36. The van der Waals surface area contributed by atoms with Gasteiger partial charge in [0, 0.05) is 12.1 Å². The minimum Gasteiger partial charge on any atom is -0.458 e. The highest BCUT2D eigenvalue weighted by atomic mass is 16.6. The first-order valence-corrected chi connectivity index (χ1v) is 9.35. The number of ether oxygens (including phenoxy) is 1. The van der Waals surface area contributed by atoms with E-state index in [1.54, 1.807) is 0 Å². The maximum atomic E-state index is 12.6. The number of hydrogen-bond donors (Lipinski definition) is 1. The van der Waals surface area contributed by atoms with Crippen LogP contribution in [0.15, 0.2) is 42.5 Å². The summed E-state index contributed by atoms with van der Waals surface area (Å²) in [6.45, 7) is 6.42. The summed E-state index contributed by atoms with van der Waals surface area (Å²) in [4.78, 5) is 24.4. The molecule has 1 aliphatic heterocycles. The molecule has 0 bridgehead atoms. The smallest absolute Gasteiger partial charge is 0.334 e. The molecule has 1 aromatic carbocycles. The molecule has 4 heteroatoms. The van der Waals surface area contributed by atoms with E-state index < -0.39 is 11.9 Å². The van der Waals surface area contributed by atoms with Crippen LogP contribution in [0.5, 0.6) is 0 Å². The fraction of sp³-hybridized carbons (Fsp3) is 0.524. The van der Waals surface area contributed by atoms with E-state index in [9.17, 15) is 9.59 Å². The number of rotatable bonds is 10. The number of carbonyl (C=O) groups is 2. The van der Waals surface area contributed by atoms with Crippen molar-refractivity contribution in [3.8, 4) is 0 Å². The van der Waals surface area contributed by atoms with Gasteiger partial charge in [-0.15, -0.1) is 0 Å². The Morgan fingerprint density at radius 3 is 2.52 bits per heavy atom. The molecule has 0 unspecified atom stereocenters. The maximum Gasteiger partial charge on any atom is 0.334 e. The minimum absolute atomic E-state index is 0.171. The molecule has 1 aromatic rings. The van der Waals surface area contributed by atoms with E-state index in [0.29, 0.717) is 6.54 Å². The lowest BCUT2D eigenvalue weighted by Crippen LogP contribution is -2.35. The Morgan fingerprint density at radius 1 is 1.12 bits per heavy atom. The number of cyclic esters (lactones) is 1. The number of hydrogen-bond acceptors (Lipinski definition) is 3. The Labute approximate surface area is 150 Å². The molecular formula is C21H29NO3. The van der Waals surface area contributed by atoms with Crippen LogP contribution in [0.2, 0.25) is 0 Å². The van der Waals surface area contributed by atoms with Crippen molar-refractivity contribution < 1.29 is 14.3 Å². The summed E-state index contributed by atoms with van der Waals surface area (Å²) in [5.41, 5.74) is 1.31. The largest absolute Gasteiger partial charge is 0.458 e. The van der Waals surface area contributed by atoms with E-state index in [1.165, 1.54) is 25.7 Å². The van der Waals surface area contributed by atoms with Crippen molar-refractivity contribution in [3.63, 3.8) is 0 Å². The standard InChI is InChI=1S/C21H29NO3/c1-3-4-5-6-7-11-14-18-19(16(2)21(24)25-18)20(23)22-15-17-12-9-8-10-13-17/h8-10,12-13,18-19H,2-7,11,14-15H2,1H3,(H,22,23)/t18-,19+/m0/s1. The van der Waals surface area contributed by atoms with Gasteiger partial charge in [-0.3, -0.25) is 4.79 Å². The highest BCUT2D eigenvalue weighted by molar-refractivity contribution is 5.99. The molecule has 1 fully saturated rings. The van der Waals surface area contributed by atoms with Crippen LogP contribution < -0.4 is 5.32 Å². The summed E-state index contributed by atoms with van der Waals surface area (Å²) >= 11 is 0. The van der Waals surface area contributed by atoms with Gasteiger partial charge >= 0.3 is 5.97 Å². The number of amides is 1. The van der Waals surface area contributed by atoms with Crippen molar-refractivity contribution in [3.05, 3.63) is 48.0 Å². The maximum absolute atomic E-state index is 12.6. The third-order valence-corrected chi connectivity index (χ3v) is 4.70. The fourth-order valence-electron chi connectivity index (χ4n) is 3.21. The minimum atomic E-state index is -0.563. The van der Waals surface area contributed by atoms with Crippen molar-refractivity contribution in [2.45, 2.75) is 64.5 Å². The van der Waals surface area contributed by atoms with Gasteiger partial charge < -0.3 is 10.1 Å². The Hall–Kier alpha value is -2.10. The molecule has 0 radical (unpaired) electrons. The third kappa shape index (κ3) is 5.73. The zero-order chi connectivity index (χ0) is 18.1. The van der Waals surface area contributed by atoms with Crippen LogP contribution in [0.4, 0.5) is 0 Å². The van der Waals surface area contributed by atoms with Crippen LogP contribution in [-0.4, -0.2) is 18.0 Å². The molecule has 136 valence electrons. The number of benzene rings is 1. The fourth-order valence-corrected chi connectivity index (χ4v) is 3.21. The van der Waals surface area contributed by atoms with Crippen molar-refractivity contribution in [2.24, 2.45) is 5.92 Å². The van der Waals surface area contributed by atoms with Crippen LogP contribution in [0.25, 0.3) is 0 Å². The Bertz CT molecular complexity index is 582. The molecule has 2 atom stereocenters. The molecule has 1 saturated heterocycles. The number of unbranched alkanes of at least 4 members (excludes halogenated alkanes) is 5. The molecule has 0 aliphatic carbocycles. The highest BCUT2D eigenvalue weighted by Crippen LogP contribution is 2.30. The molecule has 1 heterocycles. The first kappa shape index (κ1) is 19.2. The molecule has 25 heavy (non-hydrogen) atoms. The van der Waals surface area contributed by atoms with Crippen LogP contribution in [0.1, 0.15) is 57.4 Å². The zero-order valence-electron chi connectivity index (χ0n) is 15.1. The van der Waals surface area contributed by atoms with Gasteiger partial charge in [-0.1, -0.05) is 75.9 Å². The Kier molecular flexibility index (Phi) is 7.71. The normalized spacial score (nSPS) is 19.7. The van der Waals surface area contributed by atoms with Gasteiger partial charge in [0.25, 0.3) is 0 Å². The van der Waals surface area contributed by atoms with Crippen LogP contribution >= 0.6 is 0 Å². The SMILES string of the molecule is C=C1C(=O)O[C@@H](CCCCCCCC)[C@@H]1C(=O)NCc1ccccc1. The van der Waals surface area contributed by atoms with Crippen molar-refractivity contribution in [1.82, 2.24) is 5.32 Å². The first-order valence-electron chi connectivity index (χ1n) is 9.35. The lowest BCUT2D eigenvalue weighted by atomic mass is 9.92. The van der Waals surface area contributed by atoms with Crippen molar-refractivity contribution >= 4 is 11.9 Å². The van der Waals surface area contributed by atoms with Gasteiger partial charge in [0.05, 0.1) is 0 Å². The van der Waals surface area contributed by atoms with Crippen LogP contribution in [-0.2, 0) is 20.9 Å². The number of nitrogens with one attached hydrogen (secondary N) is 1.